The molecule has 1 rings (SSSR count). The second-order valence-electron chi connectivity index (χ2n) is 4.67. The Kier molecular flexibility index (Phi) is 7.00. The smallest absolute Gasteiger partial charge is 0.312 e. The molecule has 0 aromatic rings. The maximum Gasteiger partial charge on any atom is 0.312 e. The van der Waals surface area contributed by atoms with Crippen molar-refractivity contribution in [2.75, 3.05) is 45.8 Å². The van der Waals surface area contributed by atoms with Gasteiger partial charge in [-0.2, -0.15) is 0 Å². The molecule has 114 valence electrons. The van der Waals surface area contributed by atoms with E-state index in [2.05, 4.69) is 10.6 Å². The number of hydrogen-bond donors (Lipinski definition) is 2. The van der Waals surface area contributed by atoms with Gasteiger partial charge in [0.2, 0.25) is 5.91 Å². The van der Waals surface area contributed by atoms with Crippen LogP contribution < -0.4 is 10.6 Å². The highest BCUT2D eigenvalue weighted by atomic mass is 16.2. The van der Waals surface area contributed by atoms with Crippen LogP contribution in [0.3, 0.4) is 0 Å². The fourth-order valence-corrected chi connectivity index (χ4v) is 2.07. The third-order valence-corrected chi connectivity index (χ3v) is 3.19. The van der Waals surface area contributed by atoms with Crippen molar-refractivity contribution in [3.05, 3.63) is 0 Å². The molecule has 0 aromatic carbocycles. The Morgan fingerprint density at radius 3 is 2.60 bits per heavy atom. The number of rotatable bonds is 4. The lowest BCUT2D eigenvalue weighted by atomic mass is 10.3. The van der Waals surface area contributed by atoms with Gasteiger partial charge >= 0.3 is 11.8 Å². The number of nitrogens with one attached hydrogen (secondary N) is 2. The topological polar surface area (TPSA) is 81.8 Å². The summed E-state index contributed by atoms with van der Waals surface area (Å²) in [4.78, 5) is 38.7. The van der Waals surface area contributed by atoms with Crippen LogP contribution in [0.5, 0.6) is 0 Å². The SMILES string of the molecule is CCNC(=O)CN(CC)C(=O)C(=O)N1CCCNCC1. The summed E-state index contributed by atoms with van der Waals surface area (Å²) < 4.78 is 0. The predicted octanol–water partition coefficient (Wildman–Crippen LogP) is -1.21. The van der Waals surface area contributed by atoms with Crippen LogP contribution in [-0.2, 0) is 14.4 Å². The molecule has 0 unspecified atom stereocenters. The van der Waals surface area contributed by atoms with E-state index < -0.39 is 11.8 Å². The largest absolute Gasteiger partial charge is 0.355 e. The molecule has 1 aliphatic heterocycles. The van der Waals surface area contributed by atoms with Crippen molar-refractivity contribution in [3.8, 4) is 0 Å². The van der Waals surface area contributed by atoms with E-state index in [0.29, 0.717) is 32.7 Å². The van der Waals surface area contributed by atoms with Gasteiger partial charge in [0.05, 0.1) is 6.54 Å². The van der Waals surface area contributed by atoms with Gasteiger partial charge < -0.3 is 20.4 Å². The van der Waals surface area contributed by atoms with Gasteiger partial charge in [0, 0.05) is 32.7 Å². The van der Waals surface area contributed by atoms with Crippen LogP contribution in [0.4, 0.5) is 0 Å². The van der Waals surface area contributed by atoms with Gasteiger partial charge in [-0.05, 0) is 26.8 Å². The van der Waals surface area contributed by atoms with Crippen LogP contribution >= 0.6 is 0 Å². The lowest BCUT2D eigenvalue weighted by Crippen LogP contribution is -2.49. The monoisotopic (exact) mass is 284 g/mol. The van der Waals surface area contributed by atoms with Crippen molar-refractivity contribution in [3.63, 3.8) is 0 Å². The third kappa shape index (κ3) is 4.80. The van der Waals surface area contributed by atoms with Crippen LogP contribution in [-0.4, -0.2) is 73.3 Å². The molecule has 0 spiro atoms. The molecule has 7 nitrogen and oxygen atoms in total. The first kappa shape index (κ1) is 16.4. The fourth-order valence-electron chi connectivity index (χ4n) is 2.07. The van der Waals surface area contributed by atoms with E-state index in [0.717, 1.165) is 13.0 Å². The lowest BCUT2D eigenvalue weighted by molar-refractivity contribution is -0.152. The fraction of sp³-hybridized carbons (Fsp3) is 0.769. The molecule has 7 heteroatoms. The van der Waals surface area contributed by atoms with E-state index in [-0.39, 0.29) is 12.5 Å². The van der Waals surface area contributed by atoms with Crippen molar-refractivity contribution in [2.24, 2.45) is 0 Å². The van der Waals surface area contributed by atoms with Crippen LogP contribution in [0.15, 0.2) is 0 Å². The Morgan fingerprint density at radius 1 is 1.20 bits per heavy atom. The van der Waals surface area contributed by atoms with E-state index >= 15 is 0 Å². The first-order valence-electron chi connectivity index (χ1n) is 7.15. The zero-order valence-electron chi connectivity index (χ0n) is 12.3. The van der Waals surface area contributed by atoms with Gasteiger partial charge in [-0.1, -0.05) is 0 Å². The molecule has 0 radical (unpaired) electrons. The van der Waals surface area contributed by atoms with Gasteiger partial charge in [0.1, 0.15) is 0 Å². The van der Waals surface area contributed by atoms with Gasteiger partial charge in [-0.15, -0.1) is 0 Å². The first-order chi connectivity index (χ1) is 9.60. The zero-order chi connectivity index (χ0) is 15.0. The van der Waals surface area contributed by atoms with E-state index in [1.807, 2.05) is 6.92 Å². The number of amides is 3. The number of hydrogen-bond acceptors (Lipinski definition) is 4. The summed E-state index contributed by atoms with van der Waals surface area (Å²) in [5, 5.41) is 5.81. The Bertz CT molecular complexity index is 352. The zero-order valence-corrected chi connectivity index (χ0v) is 12.3. The summed E-state index contributed by atoms with van der Waals surface area (Å²) in [6.45, 7) is 7.01. The van der Waals surface area contributed by atoms with E-state index in [4.69, 9.17) is 0 Å². The van der Waals surface area contributed by atoms with Crippen molar-refractivity contribution in [1.29, 1.82) is 0 Å². The van der Waals surface area contributed by atoms with Gasteiger partial charge in [-0.25, -0.2) is 0 Å². The van der Waals surface area contributed by atoms with Crippen molar-refractivity contribution < 1.29 is 14.4 Å². The van der Waals surface area contributed by atoms with Crippen LogP contribution in [0.1, 0.15) is 20.3 Å². The molecule has 2 N–H and O–H groups in total. The highest BCUT2D eigenvalue weighted by Gasteiger charge is 2.27. The highest BCUT2D eigenvalue weighted by molar-refractivity contribution is 6.35. The molecule has 1 fully saturated rings. The molecule has 20 heavy (non-hydrogen) atoms. The van der Waals surface area contributed by atoms with Crippen molar-refractivity contribution in [2.45, 2.75) is 20.3 Å². The first-order valence-corrected chi connectivity index (χ1v) is 7.15. The van der Waals surface area contributed by atoms with Gasteiger partial charge in [0.25, 0.3) is 0 Å². The average molecular weight is 284 g/mol. The molecule has 3 amide bonds. The summed E-state index contributed by atoms with van der Waals surface area (Å²) in [5.41, 5.74) is 0. The molecule has 1 saturated heterocycles. The van der Waals surface area contributed by atoms with Crippen LogP contribution in [0.25, 0.3) is 0 Å². The standard InChI is InChI=1S/C13H24N4O3/c1-3-15-11(18)10-16(4-2)12(19)13(20)17-8-5-6-14-7-9-17/h14H,3-10H2,1-2H3,(H,15,18). The maximum absolute atomic E-state index is 12.2. The number of carbonyl (C=O) groups excluding carboxylic acids is 3. The summed E-state index contributed by atoms with van der Waals surface area (Å²) in [6, 6.07) is 0. The summed E-state index contributed by atoms with van der Waals surface area (Å²) in [5.74, 6) is -1.35. The molecule has 0 aromatic heterocycles. The maximum atomic E-state index is 12.2. The number of nitrogens with zero attached hydrogens (tertiary/aromatic N) is 2. The Labute approximate surface area is 119 Å². The third-order valence-electron chi connectivity index (χ3n) is 3.19. The number of carbonyl (C=O) groups is 3. The van der Waals surface area contributed by atoms with Crippen molar-refractivity contribution >= 4 is 17.7 Å². The molecule has 1 aliphatic rings. The van der Waals surface area contributed by atoms with E-state index in [9.17, 15) is 14.4 Å². The highest BCUT2D eigenvalue weighted by Crippen LogP contribution is 2.00. The van der Waals surface area contributed by atoms with Gasteiger partial charge in [0.15, 0.2) is 0 Å². The van der Waals surface area contributed by atoms with Crippen LogP contribution in [0, 0.1) is 0 Å². The molecule has 0 atom stereocenters. The molecule has 0 aliphatic carbocycles. The molecular weight excluding hydrogens is 260 g/mol. The Morgan fingerprint density at radius 2 is 1.95 bits per heavy atom. The minimum Gasteiger partial charge on any atom is -0.355 e. The summed E-state index contributed by atoms with van der Waals surface area (Å²) in [6.07, 6.45) is 0.835. The lowest BCUT2D eigenvalue weighted by Gasteiger charge is -2.24. The average Bonchev–Trinajstić information content (AvgIpc) is 2.72. The minimum atomic E-state index is -0.597. The quantitative estimate of drug-likeness (QED) is 0.635. The predicted molar refractivity (Wildman–Crippen MR) is 75.0 cm³/mol. The molecule has 1 heterocycles. The Balaban J connectivity index is 2.59. The van der Waals surface area contributed by atoms with Crippen molar-refractivity contribution in [1.82, 2.24) is 20.4 Å². The minimum absolute atomic E-state index is 0.0684. The second-order valence-corrected chi connectivity index (χ2v) is 4.67. The molecule has 0 saturated carbocycles. The number of likely N-dealkylation sites (N-methyl/N-ethyl adjacent to an activating group) is 2. The molecular formula is C13H24N4O3. The summed E-state index contributed by atoms with van der Waals surface area (Å²) in [7, 11) is 0. The Hall–Kier alpha value is -1.63. The summed E-state index contributed by atoms with van der Waals surface area (Å²) >= 11 is 0. The molecule has 0 bridgehead atoms. The van der Waals surface area contributed by atoms with E-state index in [1.54, 1.807) is 11.8 Å². The second kappa shape index (κ2) is 8.52. The van der Waals surface area contributed by atoms with Gasteiger partial charge in [-0.3, -0.25) is 14.4 Å². The van der Waals surface area contributed by atoms with Crippen LogP contribution in [0.2, 0.25) is 0 Å². The normalized spacial score (nSPS) is 15.4. The van der Waals surface area contributed by atoms with E-state index in [1.165, 1.54) is 4.90 Å².